The van der Waals surface area contributed by atoms with Crippen LogP contribution in [0.2, 0.25) is 0 Å². The molecule has 16 rings (SSSR count). The Morgan fingerprint density at radius 1 is 0.315 bits per heavy atom. The number of carbonyl (C=O) groups is 2. The maximum Gasteiger partial charge on any atom is 0.332 e. The van der Waals surface area contributed by atoms with Crippen LogP contribution in [-0.4, -0.2) is 230 Å². The van der Waals surface area contributed by atoms with Gasteiger partial charge in [-0.2, -0.15) is 22.7 Å². The number of hydrogen-bond donors (Lipinski definition) is 17. The van der Waals surface area contributed by atoms with E-state index in [1.165, 1.54) is 6.92 Å². The van der Waals surface area contributed by atoms with Crippen LogP contribution in [0.4, 0.5) is 0 Å². The van der Waals surface area contributed by atoms with Crippen molar-refractivity contribution in [2.45, 2.75) is 69.2 Å². The van der Waals surface area contributed by atoms with Crippen molar-refractivity contribution < 1.29 is 130 Å². The molecule has 64 heteroatoms. The molecule has 0 aliphatic rings. The van der Waals surface area contributed by atoms with Crippen molar-refractivity contribution >= 4 is 239 Å². The number of nitrogens with zero attached hydrogens (tertiary/aromatic N) is 8. The zero-order valence-corrected chi connectivity index (χ0v) is 89.8. The van der Waals surface area contributed by atoms with Crippen LogP contribution in [0.15, 0.2) is 213 Å². The van der Waals surface area contributed by atoms with Gasteiger partial charge in [0.25, 0.3) is 26.2 Å². The second-order valence-corrected chi connectivity index (χ2v) is 39.8. The molecule has 25 N–H and O–H groups in total. The number of carboxylic acid groups (broad SMARTS) is 1. The normalized spacial score (nSPS) is 10.5. The molecule has 0 aliphatic heterocycles. The minimum atomic E-state index is -3.67. The molecule has 143 heavy (non-hydrogen) atoms. The number of rotatable bonds is 6. The minimum absolute atomic E-state index is 0.155. The van der Waals surface area contributed by atoms with Crippen LogP contribution >= 0.6 is 36.1 Å². The van der Waals surface area contributed by atoms with Crippen LogP contribution in [0.5, 0.6) is 0 Å². The van der Waals surface area contributed by atoms with Crippen molar-refractivity contribution in [1.82, 2.24) is 57.5 Å². The van der Waals surface area contributed by atoms with E-state index in [-0.39, 0.29) is 28.7 Å². The third kappa shape index (κ3) is 67.6. The van der Waals surface area contributed by atoms with Crippen LogP contribution in [0, 0.1) is 0 Å². The van der Waals surface area contributed by atoms with Gasteiger partial charge in [0.05, 0.1) is 116 Å². The van der Waals surface area contributed by atoms with Gasteiger partial charge in [-0.1, -0.05) is 163 Å². The average molecular weight is 2230 g/mol. The number of para-hydroxylation sites is 12. The monoisotopic (exact) mass is 2230 g/mol. The number of aliphatic carboxylic acids is 1. The van der Waals surface area contributed by atoms with E-state index < -0.39 is 86.3 Å². The Labute approximate surface area is 836 Å². The summed E-state index contributed by atoms with van der Waals surface area (Å²) >= 11 is 2.91. The first kappa shape index (κ1) is 140. The summed E-state index contributed by atoms with van der Waals surface area (Å²) in [5.74, 6) is 3.23. The van der Waals surface area contributed by atoms with E-state index in [1.807, 2.05) is 250 Å². The number of sulfonamides is 6. The summed E-state index contributed by atoms with van der Waals surface area (Å²) in [6.07, 6.45) is 12.0. The summed E-state index contributed by atoms with van der Waals surface area (Å²) < 4.78 is 183. The van der Waals surface area contributed by atoms with E-state index in [0.29, 0.717) is 35.1 Å². The van der Waals surface area contributed by atoms with Crippen LogP contribution in [0.1, 0.15) is 69.2 Å². The fourth-order valence-electron chi connectivity index (χ4n) is 9.58. The van der Waals surface area contributed by atoms with Gasteiger partial charge in [-0.15, -0.1) is 18.0 Å². The van der Waals surface area contributed by atoms with Gasteiger partial charge < -0.3 is 30.8 Å². The number of carboxylic acids is 1. The van der Waals surface area contributed by atoms with E-state index in [2.05, 4.69) is 110 Å². The second-order valence-electron chi connectivity index (χ2n) is 25.5. The van der Waals surface area contributed by atoms with E-state index in [4.69, 9.17) is 29.5 Å². The predicted molar refractivity (Wildman–Crippen MR) is 563 cm³/mol. The number of fused-ring (bicyclic) bond motifs is 20. The summed E-state index contributed by atoms with van der Waals surface area (Å²) in [6.45, 7) is 18.4. The van der Waals surface area contributed by atoms with E-state index in [9.17, 15) is 91.3 Å². The highest BCUT2D eigenvalue weighted by Crippen LogP contribution is 2.25. The lowest BCUT2D eigenvalue weighted by Crippen LogP contribution is -2.15. The molecule has 0 unspecified atom stereocenters. The molecule has 0 bridgehead atoms. The quantitative estimate of drug-likeness (QED) is 0.0348. The van der Waals surface area contributed by atoms with Gasteiger partial charge in [-0.3, -0.25) is 18.7 Å². The maximum atomic E-state index is 12.1. The number of amides is 1. The molecule has 0 aliphatic carbocycles. The van der Waals surface area contributed by atoms with E-state index in [1.54, 1.807) is 36.4 Å². The Kier molecular flexibility index (Phi) is 69.4. The Morgan fingerprint density at radius 2 is 0.448 bits per heavy atom. The summed E-state index contributed by atoms with van der Waals surface area (Å²) in [4.78, 5) is 100. The van der Waals surface area contributed by atoms with Crippen LogP contribution < -0.4 is 65.2 Å². The van der Waals surface area contributed by atoms with Crippen molar-refractivity contribution in [3.63, 3.8) is 0 Å². The van der Waals surface area contributed by atoms with Gasteiger partial charge >= 0.3 is 22.8 Å². The number of primary sulfonamides is 6. The summed E-state index contributed by atoms with van der Waals surface area (Å²) in [7, 11) is -26.3. The highest BCUT2D eigenvalue weighted by Gasteiger charge is 2.15. The Bertz CT molecular complexity index is 6750. The summed E-state index contributed by atoms with van der Waals surface area (Å²) in [6, 6.07) is 61.4. The highest BCUT2D eigenvalue weighted by molar-refractivity contribution is 7.94. The van der Waals surface area contributed by atoms with Crippen molar-refractivity contribution in [2.75, 3.05) is 68.8 Å². The molecule has 8 aromatic carbocycles. The van der Waals surface area contributed by atoms with Gasteiger partial charge in [-0.25, -0.2) is 149 Å². The number of aromatic amines is 4. The lowest BCUT2D eigenvalue weighted by Gasteiger charge is -1.99. The Morgan fingerprint density at radius 3 is 0.566 bits per heavy atom. The minimum Gasteiger partial charge on any atom is -0.481 e. The fourth-order valence-corrected chi connectivity index (χ4v) is 9.78. The molecule has 8 heterocycles. The first-order valence-electron chi connectivity index (χ1n) is 39.4. The Balaban J connectivity index is -0.000000489. The maximum absolute atomic E-state index is 12.1. The molecule has 53 nitrogen and oxygen atoms in total. The molecular weight excluding hydrogens is 2110 g/mol. The predicted octanol–water partition coefficient (Wildman–Crippen LogP) is 6.90. The Hall–Kier alpha value is -11.6. The highest BCUT2D eigenvalue weighted by atomic mass is 32.2. The third-order valence-corrected chi connectivity index (χ3v) is 13.6. The molecule has 0 saturated carbocycles. The molecule has 0 radical (unpaired) electrons. The van der Waals surface area contributed by atoms with Crippen molar-refractivity contribution in [2.24, 2.45) is 42.5 Å². The summed E-state index contributed by atoms with van der Waals surface area (Å²) in [5.41, 5.74) is 16.6. The SMILES string of the molecule is CC.CC.CC.CC.CC(=O)O.CC(N)=O.CS(=O)(=O)O.CS(=O)(=O)O.CS(N)(=O)=O.CS(N)(=O)=O.CS(N)(=O)=O.CS(N)(=O)=O.CS(N)(=O)=O.CS(N)(=O)=O.CSOON.CSOOO.CSOOO.O=c1[nH]c2ccccc2c2nc3ccccc3n12.O=c1[nH]c2ccccc2c2nc3ccccc3n12.O=c1[nH]c2ccccc2c2nc3ccccc3n12.O=c1[nH]c2ccccc2c2nc3ccccc3n12. The van der Waals surface area contributed by atoms with Crippen LogP contribution in [0.25, 0.3) is 110 Å². The largest absolute Gasteiger partial charge is 0.481 e. The topological polar surface area (TPSA) is 873 Å². The molecular formula is C79H120N20O33S11. The second kappa shape index (κ2) is 71.0. The zero-order chi connectivity index (χ0) is 112. The van der Waals surface area contributed by atoms with Crippen LogP contribution in [0.3, 0.4) is 0 Å². The van der Waals surface area contributed by atoms with Crippen molar-refractivity contribution in [1.29, 1.82) is 0 Å². The van der Waals surface area contributed by atoms with Gasteiger partial charge in [0.1, 0.15) is 0 Å². The van der Waals surface area contributed by atoms with Gasteiger partial charge in [-0.05, 0) is 97.1 Å². The third-order valence-electron chi connectivity index (χ3n) is 13.0. The van der Waals surface area contributed by atoms with Gasteiger partial charge in [0, 0.05) is 90.3 Å². The van der Waals surface area contributed by atoms with E-state index in [0.717, 1.165) is 168 Å². The first-order valence-corrected chi connectivity index (χ1v) is 58.2. The van der Waals surface area contributed by atoms with E-state index >= 15 is 0 Å². The molecule has 0 spiro atoms. The van der Waals surface area contributed by atoms with Gasteiger partial charge in [0.15, 0.2) is 22.6 Å². The number of primary amides is 1. The lowest BCUT2D eigenvalue weighted by atomic mass is 10.2. The molecule has 800 valence electrons. The zero-order valence-electron chi connectivity index (χ0n) is 80.8. The number of aromatic nitrogens is 12. The molecule has 1 amide bonds. The van der Waals surface area contributed by atoms with Crippen molar-refractivity contribution in [3.8, 4) is 0 Å². The standard InChI is InChI=1S/4C14H9N3O.C2H5NO.C2H4O2.4C2H6.7CH5NO2S.4CH4O3S/c4*18-14-16-10-6-2-1-5-9(10)13-15-11-7-3-4-8-12(11)17(13)14;2*1-2(3)4;4*1-2;6*1-5(2,3)4;1-5-4-3-2;2*1-5(2,3)4;2*1-5-4-3-2/h4*1-8H,(H,16,18);1H3,(H2,3,4);1H3,(H,3,4);4*1-2H3;6*1H3,(H2,2,3,4);2H2,1H3;2*1H3,(H,2,3,4);2*2H,1H3. The molecule has 0 fully saturated rings. The number of nitrogens with two attached hydrogens (primary N) is 8. The molecule has 0 atom stereocenters. The number of imidazole rings is 4. The first-order chi connectivity index (χ1) is 66.1. The lowest BCUT2D eigenvalue weighted by molar-refractivity contribution is -0.432. The number of benzene rings is 8. The number of hydrogen-bond acceptors (Lipinski definition) is 38. The number of H-pyrrole nitrogens is 4. The van der Waals surface area contributed by atoms with Crippen molar-refractivity contribution in [3.05, 3.63) is 236 Å². The molecule has 8 aromatic heterocycles. The number of nitrogens with one attached hydrogen (secondary N) is 4. The molecule has 16 aromatic rings. The molecule has 0 saturated heterocycles. The smallest absolute Gasteiger partial charge is 0.332 e. The fraction of sp³-hybridized carbons (Fsp3) is 0.266. The van der Waals surface area contributed by atoms with Crippen LogP contribution in [-0.2, 0) is 118 Å². The summed E-state index contributed by atoms with van der Waals surface area (Å²) in [5, 5.41) is 58.1. The van der Waals surface area contributed by atoms with Gasteiger partial charge in [0.2, 0.25) is 66.0 Å². The average Bonchev–Trinajstić information content (AvgIpc) is 1.63. The number of carbonyl (C=O) groups excluding carboxylic acids is 1.